The second-order valence-electron chi connectivity index (χ2n) is 11.1. The number of nitrogens with zero attached hydrogens (tertiary/aromatic N) is 6. The average Bonchev–Trinajstić information content (AvgIpc) is 3.60. The summed E-state index contributed by atoms with van der Waals surface area (Å²) in [6, 6.07) is 14.5. The maximum absolute atomic E-state index is 9.12. The highest BCUT2D eigenvalue weighted by atomic mass is 16.5. The fourth-order valence-corrected chi connectivity index (χ4v) is 5.48. The predicted molar refractivity (Wildman–Crippen MR) is 145 cm³/mol. The zero-order chi connectivity index (χ0) is 27.4. The van der Waals surface area contributed by atoms with Crippen LogP contribution in [0, 0.1) is 11.3 Å². The van der Waals surface area contributed by atoms with Crippen molar-refractivity contribution in [2.24, 2.45) is 0 Å². The van der Waals surface area contributed by atoms with E-state index in [0.717, 1.165) is 44.3 Å². The lowest BCUT2D eigenvalue weighted by atomic mass is 9.84. The van der Waals surface area contributed by atoms with Gasteiger partial charge in [-0.15, -0.1) is 0 Å². The molecule has 0 bridgehead atoms. The van der Waals surface area contributed by atoms with Gasteiger partial charge in [-0.25, -0.2) is 0 Å². The van der Waals surface area contributed by atoms with E-state index in [1.54, 1.807) is 6.07 Å². The second-order valence-corrected chi connectivity index (χ2v) is 11.1. The van der Waals surface area contributed by atoms with Gasteiger partial charge in [-0.3, -0.25) is 4.90 Å². The van der Waals surface area contributed by atoms with E-state index in [0.29, 0.717) is 30.0 Å². The van der Waals surface area contributed by atoms with Crippen LogP contribution >= 0.6 is 0 Å². The second kappa shape index (κ2) is 11.7. The van der Waals surface area contributed by atoms with Gasteiger partial charge in [0.1, 0.15) is 12.2 Å². The molecule has 10 heteroatoms. The molecule has 0 spiro atoms. The number of nitrogens with one attached hydrogen (secondary N) is 1. The van der Waals surface area contributed by atoms with Crippen LogP contribution in [0.5, 0.6) is 11.8 Å². The van der Waals surface area contributed by atoms with Crippen LogP contribution < -0.4 is 14.8 Å². The molecule has 0 saturated carbocycles. The molecule has 0 radical (unpaired) electrons. The van der Waals surface area contributed by atoms with Crippen LogP contribution in [0.1, 0.15) is 64.3 Å². The molecule has 4 heterocycles. The van der Waals surface area contributed by atoms with Crippen LogP contribution in [0.3, 0.4) is 0 Å². The molecule has 39 heavy (non-hydrogen) atoms. The SMILES string of the molecule is C[C@H](Oc1cc(O[C@H]2CCN[C@H](CC#N)C2)nc(-c2nc(C(C)(C)c3ccccc3)no2)n1)[C@@H]1CCCN1C. The molecule has 3 aromatic rings. The number of piperidine rings is 1. The largest absolute Gasteiger partial charge is 0.474 e. The number of hydrogen-bond acceptors (Lipinski definition) is 10. The number of aromatic nitrogens is 4. The minimum Gasteiger partial charge on any atom is -0.474 e. The highest BCUT2D eigenvalue weighted by Gasteiger charge is 2.31. The lowest BCUT2D eigenvalue weighted by Crippen LogP contribution is -2.42. The first-order valence-electron chi connectivity index (χ1n) is 13.8. The van der Waals surface area contributed by atoms with E-state index in [-0.39, 0.29) is 30.0 Å². The molecule has 2 aliphatic rings. The summed E-state index contributed by atoms with van der Waals surface area (Å²) >= 11 is 0. The normalized spacial score (nSPS) is 22.8. The van der Waals surface area contributed by atoms with Crippen molar-refractivity contribution in [3.63, 3.8) is 0 Å². The molecule has 0 aliphatic carbocycles. The van der Waals surface area contributed by atoms with Crippen molar-refractivity contribution in [2.75, 3.05) is 20.1 Å². The molecule has 1 aromatic carbocycles. The predicted octanol–water partition coefficient (Wildman–Crippen LogP) is 4.13. The molecule has 2 aromatic heterocycles. The van der Waals surface area contributed by atoms with Crippen molar-refractivity contribution in [1.29, 1.82) is 5.26 Å². The Morgan fingerprint density at radius 1 is 1.18 bits per heavy atom. The lowest BCUT2D eigenvalue weighted by molar-refractivity contribution is 0.113. The molecule has 0 amide bonds. The Hall–Kier alpha value is -3.55. The van der Waals surface area contributed by atoms with Gasteiger partial charge in [-0.1, -0.05) is 35.5 Å². The highest BCUT2D eigenvalue weighted by Crippen LogP contribution is 2.32. The first-order valence-corrected chi connectivity index (χ1v) is 13.8. The molecular formula is C29H37N7O3. The summed E-state index contributed by atoms with van der Waals surface area (Å²) in [5.41, 5.74) is 0.606. The van der Waals surface area contributed by atoms with E-state index in [9.17, 15) is 0 Å². The van der Waals surface area contributed by atoms with E-state index < -0.39 is 5.41 Å². The molecule has 1 N–H and O–H groups in total. The Morgan fingerprint density at radius 2 is 1.97 bits per heavy atom. The van der Waals surface area contributed by atoms with Crippen molar-refractivity contribution < 1.29 is 14.0 Å². The standard InChI is InChI=1S/C29H37N7O3/c1-19(23-11-8-16-36(23)4)37-24-18-25(38-22-13-15-31-21(17-22)12-14-30)33-26(32-24)27-34-28(35-39-27)29(2,3)20-9-6-5-7-10-20/h5-7,9-10,18-19,21-23,31H,8,11-13,15-17H2,1-4H3/t19-,21+,22-,23-/m0/s1. The fraction of sp³-hybridized carbons (Fsp3) is 0.552. The van der Waals surface area contributed by atoms with Crippen molar-refractivity contribution in [2.45, 2.75) is 82.6 Å². The smallest absolute Gasteiger partial charge is 0.296 e. The Kier molecular flexibility index (Phi) is 8.10. The van der Waals surface area contributed by atoms with E-state index in [4.69, 9.17) is 24.2 Å². The monoisotopic (exact) mass is 531 g/mol. The number of rotatable bonds is 9. The van der Waals surface area contributed by atoms with Gasteiger partial charge in [-0.2, -0.15) is 20.2 Å². The summed E-state index contributed by atoms with van der Waals surface area (Å²) in [6.45, 7) is 8.02. The summed E-state index contributed by atoms with van der Waals surface area (Å²) in [4.78, 5) is 16.3. The molecule has 10 nitrogen and oxygen atoms in total. The van der Waals surface area contributed by atoms with Gasteiger partial charge < -0.3 is 19.3 Å². The van der Waals surface area contributed by atoms with Gasteiger partial charge in [0.05, 0.1) is 24.0 Å². The quantitative estimate of drug-likeness (QED) is 0.431. The molecule has 206 valence electrons. The third kappa shape index (κ3) is 6.21. The van der Waals surface area contributed by atoms with Gasteiger partial charge in [0.15, 0.2) is 5.82 Å². The van der Waals surface area contributed by atoms with Crippen LogP contribution in [0.4, 0.5) is 0 Å². The van der Waals surface area contributed by atoms with Gasteiger partial charge in [-0.05, 0) is 65.7 Å². The zero-order valence-corrected chi connectivity index (χ0v) is 23.1. The van der Waals surface area contributed by atoms with Gasteiger partial charge in [0, 0.05) is 18.5 Å². The summed E-state index contributed by atoms with van der Waals surface area (Å²) in [5.74, 6) is 1.82. The summed E-state index contributed by atoms with van der Waals surface area (Å²) in [6.07, 6.45) is 4.07. The van der Waals surface area contributed by atoms with Crippen molar-refractivity contribution in [1.82, 2.24) is 30.3 Å². The van der Waals surface area contributed by atoms with Crippen molar-refractivity contribution >= 4 is 0 Å². The third-order valence-electron chi connectivity index (χ3n) is 7.85. The third-order valence-corrected chi connectivity index (χ3v) is 7.85. The zero-order valence-electron chi connectivity index (χ0n) is 23.1. The van der Waals surface area contributed by atoms with Gasteiger partial charge >= 0.3 is 0 Å². The molecule has 2 aliphatic heterocycles. The maximum Gasteiger partial charge on any atom is 0.296 e. The van der Waals surface area contributed by atoms with Crippen LogP contribution in [0.2, 0.25) is 0 Å². The van der Waals surface area contributed by atoms with E-state index in [2.05, 4.69) is 59.2 Å². The molecule has 0 unspecified atom stereocenters. The van der Waals surface area contributed by atoms with E-state index >= 15 is 0 Å². The molecule has 5 rings (SSSR count). The molecular weight excluding hydrogens is 494 g/mol. The number of likely N-dealkylation sites (tertiary alicyclic amines) is 1. The first kappa shape index (κ1) is 27.0. The highest BCUT2D eigenvalue weighted by molar-refractivity contribution is 5.44. The fourth-order valence-electron chi connectivity index (χ4n) is 5.48. The van der Waals surface area contributed by atoms with Crippen LogP contribution in [-0.4, -0.2) is 69.4 Å². The lowest BCUT2D eigenvalue weighted by Gasteiger charge is -2.29. The first-order chi connectivity index (χ1) is 18.8. The maximum atomic E-state index is 9.12. The molecule has 2 saturated heterocycles. The minimum absolute atomic E-state index is 0.0674. The Morgan fingerprint density at radius 3 is 2.72 bits per heavy atom. The van der Waals surface area contributed by atoms with Crippen LogP contribution in [-0.2, 0) is 5.41 Å². The number of nitriles is 1. The Labute approximate surface area is 229 Å². The summed E-state index contributed by atoms with van der Waals surface area (Å²) in [5, 5.41) is 16.8. The van der Waals surface area contributed by atoms with Crippen LogP contribution in [0.25, 0.3) is 11.7 Å². The number of likely N-dealkylation sites (N-methyl/N-ethyl adjacent to an activating group) is 1. The topological polar surface area (TPSA) is 122 Å². The molecule has 2 fully saturated rings. The van der Waals surface area contributed by atoms with Crippen LogP contribution in [0.15, 0.2) is 40.9 Å². The Bertz CT molecular complexity index is 1290. The van der Waals surface area contributed by atoms with Crippen molar-refractivity contribution in [3.05, 3.63) is 47.8 Å². The van der Waals surface area contributed by atoms with Crippen molar-refractivity contribution in [3.8, 4) is 29.5 Å². The minimum atomic E-state index is -0.469. The summed E-state index contributed by atoms with van der Waals surface area (Å²) < 4.78 is 18.3. The Balaban J connectivity index is 1.43. The average molecular weight is 532 g/mol. The summed E-state index contributed by atoms with van der Waals surface area (Å²) in [7, 11) is 2.13. The van der Waals surface area contributed by atoms with E-state index in [1.807, 2.05) is 30.3 Å². The van der Waals surface area contributed by atoms with Gasteiger partial charge in [0.2, 0.25) is 17.6 Å². The molecule has 4 atom stereocenters. The van der Waals surface area contributed by atoms with E-state index in [1.165, 1.54) is 0 Å². The van der Waals surface area contributed by atoms with Gasteiger partial charge in [0.25, 0.3) is 5.89 Å². The number of ether oxygens (including phenoxy) is 2. The number of hydrogen-bond donors (Lipinski definition) is 1. The number of benzene rings is 1.